The van der Waals surface area contributed by atoms with Crippen molar-refractivity contribution >= 4 is 6.03 Å². The van der Waals surface area contributed by atoms with Crippen LogP contribution in [0.25, 0.3) is 0 Å². The number of alkyl halides is 6. The fourth-order valence-corrected chi connectivity index (χ4v) is 3.88. The lowest BCUT2D eigenvalue weighted by Gasteiger charge is -2.38. The molecule has 0 unspecified atom stereocenters. The Kier molecular flexibility index (Phi) is 7.77. The summed E-state index contributed by atoms with van der Waals surface area (Å²) in [5, 5.41) is 2.58. The number of nitrogens with zero attached hydrogens (tertiary/aromatic N) is 1. The van der Waals surface area contributed by atoms with Crippen LogP contribution in [-0.4, -0.2) is 36.7 Å². The van der Waals surface area contributed by atoms with Crippen molar-refractivity contribution in [3.05, 3.63) is 70.8 Å². The van der Waals surface area contributed by atoms with Crippen molar-refractivity contribution < 1.29 is 35.9 Å². The molecule has 2 aromatic carbocycles. The van der Waals surface area contributed by atoms with E-state index in [1.165, 1.54) is 0 Å². The molecule has 0 radical (unpaired) electrons. The van der Waals surface area contributed by atoms with Crippen LogP contribution in [0.4, 0.5) is 31.1 Å². The summed E-state index contributed by atoms with van der Waals surface area (Å²) in [5.41, 5.74) is -2.17. The first-order valence-electron chi connectivity index (χ1n) is 10.4. The minimum Gasteiger partial charge on any atom is -0.373 e. The number of urea groups is 1. The van der Waals surface area contributed by atoms with Crippen molar-refractivity contribution in [2.24, 2.45) is 0 Å². The first-order chi connectivity index (χ1) is 16.0. The van der Waals surface area contributed by atoms with E-state index in [1.54, 1.807) is 23.1 Å². The maximum atomic E-state index is 13.2. The molecule has 1 heterocycles. The molecule has 1 fully saturated rings. The number of halogens is 6. The van der Waals surface area contributed by atoms with E-state index in [-0.39, 0.29) is 36.7 Å². The van der Waals surface area contributed by atoms with E-state index < -0.39 is 36.2 Å². The van der Waals surface area contributed by atoms with Gasteiger partial charge >= 0.3 is 18.4 Å². The van der Waals surface area contributed by atoms with Gasteiger partial charge in [0.1, 0.15) is 0 Å². The molecule has 1 N–H and O–H groups in total. The number of likely N-dealkylation sites (tertiary alicyclic amines) is 1. The molecule has 0 aromatic heterocycles. The van der Waals surface area contributed by atoms with Crippen molar-refractivity contribution in [3.8, 4) is 12.3 Å². The summed E-state index contributed by atoms with van der Waals surface area (Å²) < 4.78 is 84.8. The Morgan fingerprint density at radius 3 is 2.24 bits per heavy atom. The standard InChI is InChI=1S/C24H22F6N2O2/c1-2-9-31-22(33)32-10-8-21(20(14-32)17-6-4-3-5-7-17)34-15-16-11-18(23(25,26)27)13-19(12-16)24(28,29)30/h1,3-7,11-13,20-21H,8-10,14-15H2,(H,31,33)/t20-,21-/m0/s1. The summed E-state index contributed by atoms with van der Waals surface area (Å²) in [6.45, 7) is 0.162. The Bertz CT molecular complexity index is 998. The zero-order valence-electron chi connectivity index (χ0n) is 17.9. The van der Waals surface area contributed by atoms with Gasteiger partial charge < -0.3 is 15.0 Å². The molecular weight excluding hydrogens is 462 g/mol. The number of benzene rings is 2. The summed E-state index contributed by atoms with van der Waals surface area (Å²) in [5.74, 6) is 1.98. The normalized spacial score (nSPS) is 18.9. The van der Waals surface area contributed by atoms with Crippen molar-refractivity contribution in [1.29, 1.82) is 0 Å². The number of nitrogens with one attached hydrogen (secondary N) is 1. The summed E-state index contributed by atoms with van der Waals surface area (Å²) in [6.07, 6.45) is -4.87. The van der Waals surface area contributed by atoms with Crippen LogP contribution < -0.4 is 5.32 Å². The number of amides is 2. The van der Waals surface area contributed by atoms with Crippen LogP contribution in [0.15, 0.2) is 48.5 Å². The van der Waals surface area contributed by atoms with E-state index in [2.05, 4.69) is 11.2 Å². The maximum absolute atomic E-state index is 13.2. The Morgan fingerprint density at radius 2 is 1.68 bits per heavy atom. The maximum Gasteiger partial charge on any atom is 0.416 e. The van der Waals surface area contributed by atoms with E-state index in [1.807, 2.05) is 12.1 Å². The zero-order chi connectivity index (χ0) is 24.9. The summed E-state index contributed by atoms with van der Waals surface area (Å²) in [4.78, 5) is 13.9. The van der Waals surface area contributed by atoms with Crippen molar-refractivity contribution in [2.75, 3.05) is 19.6 Å². The number of piperidine rings is 1. The number of carbonyl (C=O) groups excluding carboxylic acids is 1. The van der Waals surface area contributed by atoms with Gasteiger partial charge in [0, 0.05) is 19.0 Å². The molecule has 0 aliphatic carbocycles. The van der Waals surface area contributed by atoms with Crippen LogP contribution in [-0.2, 0) is 23.7 Å². The molecule has 4 nitrogen and oxygen atoms in total. The number of carbonyl (C=O) groups is 1. The van der Waals surface area contributed by atoms with Gasteiger partial charge in [-0.1, -0.05) is 36.3 Å². The lowest BCUT2D eigenvalue weighted by atomic mass is 9.88. The highest BCUT2D eigenvalue weighted by Crippen LogP contribution is 2.37. The molecule has 34 heavy (non-hydrogen) atoms. The van der Waals surface area contributed by atoms with E-state index in [0.29, 0.717) is 25.1 Å². The molecule has 3 rings (SSSR count). The third-order valence-electron chi connectivity index (χ3n) is 5.52. The van der Waals surface area contributed by atoms with Gasteiger partial charge in [0.2, 0.25) is 0 Å². The van der Waals surface area contributed by atoms with E-state index in [4.69, 9.17) is 11.2 Å². The number of hydrogen-bond donors (Lipinski definition) is 1. The molecule has 0 saturated carbocycles. The van der Waals surface area contributed by atoms with Crippen LogP contribution in [0, 0.1) is 12.3 Å². The minimum absolute atomic E-state index is 0.0579. The average molecular weight is 484 g/mol. The van der Waals surface area contributed by atoms with Crippen LogP contribution in [0.3, 0.4) is 0 Å². The molecule has 0 bridgehead atoms. The molecular formula is C24H22F6N2O2. The van der Waals surface area contributed by atoms with Crippen LogP contribution in [0.2, 0.25) is 0 Å². The molecule has 0 spiro atoms. The number of rotatable bonds is 5. The quantitative estimate of drug-likeness (QED) is 0.454. The Labute approximate surface area is 192 Å². The summed E-state index contributed by atoms with van der Waals surface area (Å²) >= 11 is 0. The van der Waals surface area contributed by atoms with Crippen LogP contribution in [0.5, 0.6) is 0 Å². The van der Waals surface area contributed by atoms with Crippen molar-refractivity contribution in [2.45, 2.75) is 37.4 Å². The number of terminal acetylenes is 1. The fraction of sp³-hybridized carbons (Fsp3) is 0.375. The highest BCUT2D eigenvalue weighted by molar-refractivity contribution is 5.74. The molecule has 2 atom stereocenters. The van der Waals surface area contributed by atoms with E-state index >= 15 is 0 Å². The molecule has 2 amide bonds. The molecule has 1 aliphatic rings. The SMILES string of the molecule is C#CCNC(=O)N1CC[C@H](OCc2cc(C(F)(F)F)cc(C(F)(F)F)c2)[C@H](c2ccccc2)C1. The van der Waals surface area contributed by atoms with Gasteiger partial charge in [-0.3, -0.25) is 0 Å². The van der Waals surface area contributed by atoms with Gasteiger partial charge in [-0.05, 0) is 35.7 Å². The highest BCUT2D eigenvalue weighted by Gasteiger charge is 2.37. The van der Waals surface area contributed by atoms with Gasteiger partial charge in [0.25, 0.3) is 0 Å². The van der Waals surface area contributed by atoms with Gasteiger partial charge in [-0.25, -0.2) is 4.79 Å². The Balaban J connectivity index is 1.81. The summed E-state index contributed by atoms with van der Waals surface area (Å²) in [7, 11) is 0. The van der Waals surface area contributed by atoms with Crippen LogP contribution in [0.1, 0.15) is 34.6 Å². The Morgan fingerprint density at radius 1 is 1.06 bits per heavy atom. The molecule has 2 aromatic rings. The lowest BCUT2D eigenvalue weighted by Crippen LogP contribution is -2.49. The lowest BCUT2D eigenvalue weighted by molar-refractivity contribution is -0.143. The first-order valence-corrected chi connectivity index (χ1v) is 10.4. The Hall–Kier alpha value is -3.19. The second-order valence-electron chi connectivity index (χ2n) is 7.88. The number of ether oxygens (including phenoxy) is 1. The molecule has 182 valence electrons. The molecule has 1 saturated heterocycles. The monoisotopic (exact) mass is 484 g/mol. The third kappa shape index (κ3) is 6.44. The molecule has 1 aliphatic heterocycles. The minimum atomic E-state index is -4.93. The predicted octanol–water partition coefficient (Wildman–Crippen LogP) is 5.44. The largest absolute Gasteiger partial charge is 0.416 e. The van der Waals surface area contributed by atoms with Crippen LogP contribution >= 0.6 is 0 Å². The summed E-state index contributed by atoms with van der Waals surface area (Å²) in [6, 6.07) is 10.1. The smallest absolute Gasteiger partial charge is 0.373 e. The topological polar surface area (TPSA) is 41.6 Å². The fourth-order valence-electron chi connectivity index (χ4n) is 3.88. The third-order valence-corrected chi connectivity index (χ3v) is 5.52. The zero-order valence-corrected chi connectivity index (χ0v) is 17.9. The number of hydrogen-bond acceptors (Lipinski definition) is 2. The first kappa shape index (κ1) is 25.4. The van der Waals surface area contributed by atoms with Gasteiger partial charge in [0.05, 0.1) is 30.4 Å². The van der Waals surface area contributed by atoms with Crippen molar-refractivity contribution in [1.82, 2.24) is 10.2 Å². The highest BCUT2D eigenvalue weighted by atomic mass is 19.4. The van der Waals surface area contributed by atoms with E-state index in [0.717, 1.165) is 5.56 Å². The van der Waals surface area contributed by atoms with Gasteiger partial charge in [-0.15, -0.1) is 6.42 Å². The van der Waals surface area contributed by atoms with Crippen molar-refractivity contribution in [3.63, 3.8) is 0 Å². The molecule has 10 heteroatoms. The van der Waals surface area contributed by atoms with E-state index in [9.17, 15) is 31.1 Å². The average Bonchev–Trinajstić information content (AvgIpc) is 2.80. The van der Waals surface area contributed by atoms with Gasteiger partial charge in [-0.2, -0.15) is 26.3 Å². The second kappa shape index (κ2) is 10.4. The predicted molar refractivity (Wildman–Crippen MR) is 113 cm³/mol. The second-order valence-corrected chi connectivity index (χ2v) is 7.88. The van der Waals surface area contributed by atoms with Gasteiger partial charge in [0.15, 0.2) is 0 Å².